The molecule has 4 nitrogen and oxygen atoms in total. The van der Waals surface area contributed by atoms with E-state index in [0.29, 0.717) is 22.6 Å². The monoisotopic (exact) mass is 372 g/mol. The summed E-state index contributed by atoms with van der Waals surface area (Å²) in [6, 6.07) is 21.3. The van der Waals surface area contributed by atoms with Crippen molar-refractivity contribution in [3.05, 3.63) is 101 Å². The number of allylic oxidation sites excluding steroid dienone is 1. The summed E-state index contributed by atoms with van der Waals surface area (Å²) in [5.74, 6) is 0.321. The van der Waals surface area contributed by atoms with Gasteiger partial charge in [-0.25, -0.2) is 4.79 Å². The van der Waals surface area contributed by atoms with Gasteiger partial charge in [0.25, 0.3) is 0 Å². The number of rotatable bonds is 6. The third kappa shape index (κ3) is 4.74. The molecule has 0 heterocycles. The molecule has 0 atom stereocenters. The van der Waals surface area contributed by atoms with Crippen LogP contribution in [0.5, 0.6) is 11.5 Å². The Balaban J connectivity index is 1.65. The number of benzene rings is 3. The van der Waals surface area contributed by atoms with Crippen LogP contribution in [-0.4, -0.2) is 18.9 Å². The van der Waals surface area contributed by atoms with Crippen LogP contribution in [0, 0.1) is 6.92 Å². The fourth-order valence-corrected chi connectivity index (χ4v) is 2.61. The van der Waals surface area contributed by atoms with Crippen molar-refractivity contribution in [1.29, 1.82) is 0 Å². The van der Waals surface area contributed by atoms with E-state index >= 15 is 0 Å². The zero-order chi connectivity index (χ0) is 19.9. The predicted molar refractivity (Wildman–Crippen MR) is 109 cm³/mol. The van der Waals surface area contributed by atoms with E-state index in [1.807, 2.05) is 31.2 Å². The number of esters is 1. The molecular formula is C24H20O4. The fourth-order valence-electron chi connectivity index (χ4n) is 2.61. The van der Waals surface area contributed by atoms with Crippen molar-refractivity contribution < 1.29 is 19.1 Å². The third-order valence-electron chi connectivity index (χ3n) is 4.18. The smallest absolute Gasteiger partial charge is 0.347 e. The first-order valence-corrected chi connectivity index (χ1v) is 8.81. The average Bonchev–Trinajstić information content (AvgIpc) is 2.73. The SMILES string of the molecule is COc1ccccc1C(=O)Oc1ccc(C=CC(=O)c2ccc(C)cc2)cc1. The Labute approximate surface area is 164 Å². The molecule has 0 bridgehead atoms. The molecule has 4 heteroatoms. The highest BCUT2D eigenvalue weighted by Gasteiger charge is 2.13. The minimum absolute atomic E-state index is 0.0633. The Morgan fingerprint density at radius 2 is 1.54 bits per heavy atom. The Bertz CT molecular complexity index is 1000. The van der Waals surface area contributed by atoms with Gasteiger partial charge in [0.15, 0.2) is 5.78 Å². The molecule has 140 valence electrons. The van der Waals surface area contributed by atoms with Crippen LogP contribution in [-0.2, 0) is 0 Å². The van der Waals surface area contributed by atoms with Crippen molar-refractivity contribution in [3.8, 4) is 11.5 Å². The summed E-state index contributed by atoms with van der Waals surface area (Å²) in [4.78, 5) is 24.5. The number of ether oxygens (including phenoxy) is 2. The summed E-state index contributed by atoms with van der Waals surface area (Å²) in [6.45, 7) is 1.98. The number of hydrogen-bond acceptors (Lipinski definition) is 4. The van der Waals surface area contributed by atoms with Gasteiger partial charge in [-0.05, 0) is 42.8 Å². The summed E-state index contributed by atoms with van der Waals surface area (Å²) < 4.78 is 10.6. The largest absolute Gasteiger partial charge is 0.496 e. The first-order valence-electron chi connectivity index (χ1n) is 8.81. The van der Waals surface area contributed by atoms with Gasteiger partial charge in [-0.1, -0.05) is 60.2 Å². The fraction of sp³-hybridized carbons (Fsp3) is 0.0833. The molecule has 0 aliphatic heterocycles. The number of aryl methyl sites for hydroxylation is 1. The van der Waals surface area contributed by atoms with Crippen molar-refractivity contribution in [2.45, 2.75) is 6.92 Å². The van der Waals surface area contributed by atoms with E-state index in [0.717, 1.165) is 11.1 Å². The van der Waals surface area contributed by atoms with Crippen LogP contribution in [0.25, 0.3) is 6.08 Å². The van der Waals surface area contributed by atoms with Crippen LogP contribution in [0.3, 0.4) is 0 Å². The second kappa shape index (κ2) is 8.82. The second-order valence-electron chi connectivity index (χ2n) is 6.22. The van der Waals surface area contributed by atoms with E-state index in [4.69, 9.17) is 9.47 Å². The number of carbonyl (C=O) groups excluding carboxylic acids is 2. The van der Waals surface area contributed by atoms with Gasteiger partial charge in [-0.3, -0.25) is 4.79 Å². The van der Waals surface area contributed by atoms with E-state index < -0.39 is 5.97 Å². The van der Waals surface area contributed by atoms with Crippen molar-refractivity contribution in [2.24, 2.45) is 0 Å². The van der Waals surface area contributed by atoms with Crippen molar-refractivity contribution in [3.63, 3.8) is 0 Å². The lowest BCUT2D eigenvalue weighted by Gasteiger charge is -2.08. The molecule has 0 aromatic heterocycles. The first kappa shape index (κ1) is 19.1. The van der Waals surface area contributed by atoms with Gasteiger partial charge < -0.3 is 9.47 Å². The second-order valence-corrected chi connectivity index (χ2v) is 6.22. The zero-order valence-electron chi connectivity index (χ0n) is 15.7. The molecular weight excluding hydrogens is 352 g/mol. The van der Waals surface area contributed by atoms with E-state index in [-0.39, 0.29) is 5.78 Å². The number of ketones is 1. The molecule has 0 amide bonds. The van der Waals surface area contributed by atoms with Crippen molar-refractivity contribution in [2.75, 3.05) is 7.11 Å². The highest BCUT2D eigenvalue weighted by atomic mass is 16.5. The van der Waals surface area contributed by atoms with Crippen LogP contribution < -0.4 is 9.47 Å². The molecule has 3 rings (SSSR count). The van der Waals surface area contributed by atoms with Gasteiger partial charge in [0.05, 0.1) is 7.11 Å². The van der Waals surface area contributed by atoms with E-state index in [1.54, 1.807) is 54.6 Å². The summed E-state index contributed by atoms with van der Waals surface area (Å²) in [7, 11) is 1.51. The lowest BCUT2D eigenvalue weighted by Crippen LogP contribution is -2.09. The van der Waals surface area contributed by atoms with Crippen LogP contribution in [0.1, 0.15) is 31.8 Å². The lowest BCUT2D eigenvalue weighted by atomic mass is 10.1. The molecule has 0 spiro atoms. The number of carbonyl (C=O) groups is 2. The number of methoxy groups -OCH3 is 1. The lowest BCUT2D eigenvalue weighted by molar-refractivity contribution is 0.0731. The minimum atomic E-state index is -0.490. The summed E-state index contributed by atoms with van der Waals surface area (Å²) in [5, 5.41) is 0. The molecule has 3 aromatic carbocycles. The zero-order valence-corrected chi connectivity index (χ0v) is 15.7. The van der Waals surface area contributed by atoms with E-state index in [2.05, 4.69) is 0 Å². The average molecular weight is 372 g/mol. The summed E-state index contributed by atoms with van der Waals surface area (Å²) in [5.41, 5.74) is 2.94. The Morgan fingerprint density at radius 1 is 0.857 bits per heavy atom. The molecule has 3 aromatic rings. The molecule has 0 fully saturated rings. The van der Waals surface area contributed by atoms with Crippen LogP contribution >= 0.6 is 0 Å². The standard InChI is InChI=1S/C24H20O4/c1-17-7-12-19(13-8-17)22(25)16-11-18-9-14-20(15-10-18)28-24(26)21-5-3-4-6-23(21)27-2/h3-16H,1-2H3. The maximum Gasteiger partial charge on any atom is 0.347 e. The van der Waals surface area contributed by atoms with Gasteiger partial charge in [0, 0.05) is 5.56 Å². The minimum Gasteiger partial charge on any atom is -0.496 e. The van der Waals surface area contributed by atoms with Gasteiger partial charge in [-0.15, -0.1) is 0 Å². The van der Waals surface area contributed by atoms with Crippen LogP contribution in [0.2, 0.25) is 0 Å². The molecule has 0 N–H and O–H groups in total. The Kier molecular flexibility index (Phi) is 6.02. The van der Waals surface area contributed by atoms with E-state index in [1.165, 1.54) is 13.2 Å². The third-order valence-corrected chi connectivity index (χ3v) is 4.18. The van der Waals surface area contributed by atoms with Crippen molar-refractivity contribution >= 4 is 17.8 Å². The van der Waals surface area contributed by atoms with Crippen LogP contribution in [0.15, 0.2) is 78.9 Å². The highest BCUT2D eigenvalue weighted by molar-refractivity contribution is 6.06. The van der Waals surface area contributed by atoms with Crippen LogP contribution in [0.4, 0.5) is 0 Å². The summed E-state index contributed by atoms with van der Waals surface area (Å²) in [6.07, 6.45) is 3.26. The van der Waals surface area contributed by atoms with Crippen molar-refractivity contribution in [1.82, 2.24) is 0 Å². The Morgan fingerprint density at radius 3 is 2.21 bits per heavy atom. The quantitative estimate of drug-likeness (QED) is 0.261. The highest BCUT2D eigenvalue weighted by Crippen LogP contribution is 2.21. The first-order chi connectivity index (χ1) is 13.6. The van der Waals surface area contributed by atoms with Gasteiger partial charge in [0.2, 0.25) is 0 Å². The van der Waals surface area contributed by atoms with Gasteiger partial charge in [-0.2, -0.15) is 0 Å². The molecule has 0 unspecified atom stereocenters. The molecule has 0 saturated carbocycles. The Hall–Kier alpha value is -3.66. The van der Waals surface area contributed by atoms with Gasteiger partial charge >= 0.3 is 5.97 Å². The maximum absolute atomic E-state index is 12.3. The topological polar surface area (TPSA) is 52.6 Å². The molecule has 28 heavy (non-hydrogen) atoms. The maximum atomic E-state index is 12.3. The summed E-state index contributed by atoms with van der Waals surface area (Å²) >= 11 is 0. The molecule has 0 saturated heterocycles. The normalized spacial score (nSPS) is 10.6. The van der Waals surface area contributed by atoms with E-state index in [9.17, 15) is 9.59 Å². The molecule has 0 aliphatic carbocycles. The number of para-hydroxylation sites is 1. The molecule has 0 aliphatic rings. The number of hydrogen-bond donors (Lipinski definition) is 0. The molecule has 0 radical (unpaired) electrons. The predicted octanol–water partition coefficient (Wildman–Crippen LogP) is 5.12. The van der Waals surface area contributed by atoms with Gasteiger partial charge in [0.1, 0.15) is 17.1 Å².